The Morgan fingerprint density at radius 2 is 2.20 bits per heavy atom. The van der Waals surface area contributed by atoms with Gasteiger partial charge in [0.05, 0.1) is 0 Å². The zero-order chi connectivity index (χ0) is 11.3. The minimum Gasteiger partial charge on any atom is -0.398 e. The molecule has 1 unspecified atom stereocenters. The van der Waals surface area contributed by atoms with Crippen LogP contribution in [0.1, 0.15) is 25.8 Å². The van der Waals surface area contributed by atoms with E-state index in [9.17, 15) is 0 Å². The minimum atomic E-state index is 0.738. The summed E-state index contributed by atoms with van der Waals surface area (Å²) in [6, 6.07) is 6.06. The molecule has 1 aromatic carbocycles. The summed E-state index contributed by atoms with van der Waals surface area (Å²) in [5, 5.41) is 3.44. The summed E-state index contributed by atoms with van der Waals surface area (Å²) in [4.78, 5) is 0. The highest BCUT2D eigenvalue weighted by Crippen LogP contribution is 2.20. The number of halogens is 1. The van der Waals surface area contributed by atoms with E-state index in [1.807, 2.05) is 6.07 Å². The van der Waals surface area contributed by atoms with E-state index in [0.29, 0.717) is 0 Å². The highest BCUT2D eigenvalue weighted by atomic mass is 79.9. The molecule has 0 amide bonds. The van der Waals surface area contributed by atoms with Gasteiger partial charge in [-0.2, -0.15) is 0 Å². The van der Waals surface area contributed by atoms with Crippen molar-refractivity contribution in [1.82, 2.24) is 5.32 Å². The van der Waals surface area contributed by atoms with Gasteiger partial charge in [-0.25, -0.2) is 0 Å². The van der Waals surface area contributed by atoms with Crippen molar-refractivity contribution in [3.05, 3.63) is 28.2 Å². The molecule has 1 aromatic rings. The first-order valence-electron chi connectivity index (χ1n) is 5.38. The van der Waals surface area contributed by atoms with E-state index in [4.69, 9.17) is 5.73 Å². The molecule has 3 heteroatoms. The number of benzene rings is 1. The summed E-state index contributed by atoms with van der Waals surface area (Å²) in [6.45, 7) is 6.44. The van der Waals surface area contributed by atoms with Gasteiger partial charge in [-0.05, 0) is 46.1 Å². The summed E-state index contributed by atoms with van der Waals surface area (Å²) < 4.78 is 0.977. The van der Waals surface area contributed by atoms with Crippen molar-refractivity contribution < 1.29 is 0 Å². The van der Waals surface area contributed by atoms with Crippen molar-refractivity contribution in [3.63, 3.8) is 0 Å². The monoisotopic (exact) mass is 270 g/mol. The molecule has 0 saturated carbocycles. The van der Waals surface area contributed by atoms with Crippen LogP contribution in [0, 0.1) is 5.92 Å². The average Bonchev–Trinajstić information content (AvgIpc) is 2.23. The first-order valence-corrected chi connectivity index (χ1v) is 6.17. The molecular weight excluding hydrogens is 252 g/mol. The van der Waals surface area contributed by atoms with Crippen LogP contribution < -0.4 is 11.1 Å². The number of nitrogen functional groups attached to an aromatic ring is 1. The molecule has 1 atom stereocenters. The van der Waals surface area contributed by atoms with E-state index in [-0.39, 0.29) is 0 Å². The normalized spacial score (nSPS) is 12.7. The first kappa shape index (κ1) is 12.5. The third-order valence-corrected chi connectivity index (χ3v) is 3.27. The van der Waals surface area contributed by atoms with Crippen LogP contribution >= 0.6 is 15.9 Å². The maximum Gasteiger partial charge on any atom is 0.0458 e. The Kier molecular flexibility index (Phi) is 5.12. The number of anilines is 1. The van der Waals surface area contributed by atoms with Gasteiger partial charge in [-0.1, -0.05) is 26.3 Å². The lowest BCUT2D eigenvalue weighted by molar-refractivity contribution is 0.500. The van der Waals surface area contributed by atoms with Gasteiger partial charge in [0, 0.05) is 16.7 Å². The molecule has 0 aromatic heterocycles. The largest absolute Gasteiger partial charge is 0.398 e. The van der Waals surface area contributed by atoms with Crippen LogP contribution in [-0.4, -0.2) is 6.54 Å². The Hall–Kier alpha value is -0.540. The second kappa shape index (κ2) is 6.13. The highest BCUT2D eigenvalue weighted by Gasteiger charge is 2.00. The number of hydrogen-bond acceptors (Lipinski definition) is 2. The summed E-state index contributed by atoms with van der Waals surface area (Å²) in [7, 11) is 0. The predicted molar refractivity (Wildman–Crippen MR) is 69.7 cm³/mol. The lowest BCUT2D eigenvalue weighted by Crippen LogP contribution is -2.20. The Balaban J connectivity index is 2.41. The van der Waals surface area contributed by atoms with Crippen LogP contribution in [0.25, 0.3) is 0 Å². The van der Waals surface area contributed by atoms with Crippen LogP contribution in [0.3, 0.4) is 0 Å². The molecule has 84 valence electrons. The molecule has 0 saturated heterocycles. The van der Waals surface area contributed by atoms with Gasteiger partial charge in [0.15, 0.2) is 0 Å². The van der Waals surface area contributed by atoms with Crippen molar-refractivity contribution in [1.29, 1.82) is 0 Å². The van der Waals surface area contributed by atoms with E-state index >= 15 is 0 Å². The van der Waals surface area contributed by atoms with E-state index in [1.54, 1.807) is 0 Å². The van der Waals surface area contributed by atoms with Crippen LogP contribution in [0.15, 0.2) is 22.7 Å². The van der Waals surface area contributed by atoms with Gasteiger partial charge in [0.25, 0.3) is 0 Å². The second-order valence-corrected chi connectivity index (χ2v) is 4.85. The quantitative estimate of drug-likeness (QED) is 0.807. The summed E-state index contributed by atoms with van der Waals surface area (Å²) >= 11 is 3.43. The van der Waals surface area contributed by atoms with Crippen molar-refractivity contribution in [2.75, 3.05) is 12.3 Å². The zero-order valence-corrected chi connectivity index (χ0v) is 11.0. The maximum atomic E-state index is 5.72. The van der Waals surface area contributed by atoms with Crippen LogP contribution in [0.2, 0.25) is 0 Å². The fourth-order valence-electron chi connectivity index (χ4n) is 1.29. The Morgan fingerprint density at radius 3 is 2.80 bits per heavy atom. The molecular formula is C12H19BrN2. The topological polar surface area (TPSA) is 38.0 Å². The summed E-state index contributed by atoms with van der Waals surface area (Å²) in [5.41, 5.74) is 7.78. The zero-order valence-electron chi connectivity index (χ0n) is 9.39. The molecule has 0 spiro atoms. The van der Waals surface area contributed by atoms with Crippen molar-refractivity contribution in [2.45, 2.75) is 26.8 Å². The summed E-state index contributed by atoms with van der Waals surface area (Å²) in [5.74, 6) is 0.738. The molecule has 0 aliphatic carbocycles. The van der Waals surface area contributed by atoms with E-state index in [2.05, 4.69) is 47.2 Å². The SMILES string of the molecule is CCC(C)CNCc1ccc(N)c(Br)c1. The lowest BCUT2D eigenvalue weighted by Gasteiger charge is -2.10. The third kappa shape index (κ3) is 4.22. The Bertz CT molecular complexity index is 312. The smallest absolute Gasteiger partial charge is 0.0458 e. The number of hydrogen-bond donors (Lipinski definition) is 2. The van der Waals surface area contributed by atoms with Gasteiger partial charge in [-0.15, -0.1) is 0 Å². The number of nitrogens with one attached hydrogen (secondary N) is 1. The molecule has 0 radical (unpaired) electrons. The van der Waals surface area contributed by atoms with E-state index in [0.717, 1.165) is 29.2 Å². The molecule has 2 nitrogen and oxygen atoms in total. The standard InChI is InChI=1S/C12H19BrN2/c1-3-9(2)7-15-8-10-4-5-12(14)11(13)6-10/h4-6,9,15H,3,7-8,14H2,1-2H3. The highest BCUT2D eigenvalue weighted by molar-refractivity contribution is 9.10. The molecule has 0 fully saturated rings. The molecule has 1 rings (SSSR count). The molecule has 0 heterocycles. The molecule has 3 N–H and O–H groups in total. The number of rotatable bonds is 5. The Morgan fingerprint density at radius 1 is 1.47 bits per heavy atom. The second-order valence-electron chi connectivity index (χ2n) is 4.00. The minimum absolute atomic E-state index is 0.738. The third-order valence-electron chi connectivity index (χ3n) is 2.58. The van der Waals surface area contributed by atoms with Gasteiger partial charge >= 0.3 is 0 Å². The van der Waals surface area contributed by atoms with E-state index in [1.165, 1.54) is 12.0 Å². The van der Waals surface area contributed by atoms with Crippen LogP contribution in [0.5, 0.6) is 0 Å². The fourth-order valence-corrected chi connectivity index (χ4v) is 1.71. The Labute approximate surface area is 100 Å². The molecule has 0 bridgehead atoms. The number of nitrogens with two attached hydrogens (primary N) is 1. The molecule has 0 aliphatic heterocycles. The lowest BCUT2D eigenvalue weighted by atomic mass is 10.1. The first-order chi connectivity index (χ1) is 7.13. The average molecular weight is 271 g/mol. The maximum absolute atomic E-state index is 5.72. The predicted octanol–water partition coefficient (Wildman–Crippen LogP) is 3.17. The van der Waals surface area contributed by atoms with Gasteiger partial charge in [-0.3, -0.25) is 0 Å². The van der Waals surface area contributed by atoms with Gasteiger partial charge < -0.3 is 11.1 Å². The van der Waals surface area contributed by atoms with Crippen molar-refractivity contribution >= 4 is 21.6 Å². The fraction of sp³-hybridized carbons (Fsp3) is 0.500. The molecule has 15 heavy (non-hydrogen) atoms. The molecule has 0 aliphatic rings. The summed E-state index contributed by atoms with van der Waals surface area (Å²) in [6.07, 6.45) is 1.22. The van der Waals surface area contributed by atoms with Crippen LogP contribution in [0.4, 0.5) is 5.69 Å². The van der Waals surface area contributed by atoms with Gasteiger partial charge in [0.1, 0.15) is 0 Å². The van der Waals surface area contributed by atoms with Crippen molar-refractivity contribution in [2.24, 2.45) is 5.92 Å². The van der Waals surface area contributed by atoms with Gasteiger partial charge in [0.2, 0.25) is 0 Å². The van der Waals surface area contributed by atoms with E-state index < -0.39 is 0 Å². The van der Waals surface area contributed by atoms with Crippen LogP contribution in [-0.2, 0) is 6.54 Å². The van der Waals surface area contributed by atoms with Crippen molar-refractivity contribution in [3.8, 4) is 0 Å².